The van der Waals surface area contributed by atoms with Gasteiger partial charge in [-0.25, -0.2) is 0 Å². The monoisotopic (exact) mass is 340 g/mol. The van der Waals surface area contributed by atoms with Crippen LogP contribution in [0.2, 0.25) is 0 Å². The predicted octanol–water partition coefficient (Wildman–Crippen LogP) is 2.47. The second-order valence-electron chi connectivity index (χ2n) is 6.37. The standard InChI is InChI=1S/C10H20N2.C7H8O3S/c1-2-8-12(9-3-1)10-4-6-11-7-5-10;1-6-2-4-7(5-3-6)11(8,9)10/h10-11H,1-9H2;2-5H,1H3,(H,8,9,10). The van der Waals surface area contributed by atoms with Crippen LogP contribution in [0.1, 0.15) is 37.7 Å². The first-order chi connectivity index (χ1) is 11.0. The van der Waals surface area contributed by atoms with Gasteiger partial charge < -0.3 is 10.2 Å². The van der Waals surface area contributed by atoms with Crippen molar-refractivity contribution < 1.29 is 13.0 Å². The van der Waals surface area contributed by atoms with E-state index in [-0.39, 0.29) is 4.90 Å². The Kier molecular flexibility index (Phi) is 7.02. The summed E-state index contributed by atoms with van der Waals surface area (Å²) in [5.74, 6) is 0. The summed E-state index contributed by atoms with van der Waals surface area (Å²) < 4.78 is 29.6. The molecule has 2 aliphatic rings. The van der Waals surface area contributed by atoms with Gasteiger partial charge in [-0.2, -0.15) is 8.42 Å². The Labute approximate surface area is 139 Å². The number of aryl methyl sites for hydroxylation is 1. The van der Waals surface area contributed by atoms with Crippen LogP contribution in [0.15, 0.2) is 29.2 Å². The summed E-state index contributed by atoms with van der Waals surface area (Å²) in [6, 6.07) is 6.90. The summed E-state index contributed by atoms with van der Waals surface area (Å²) in [7, 11) is -4.02. The van der Waals surface area contributed by atoms with Crippen molar-refractivity contribution in [2.75, 3.05) is 26.2 Å². The van der Waals surface area contributed by atoms with Crippen LogP contribution in [0.4, 0.5) is 0 Å². The average molecular weight is 340 g/mol. The Balaban J connectivity index is 0.000000168. The highest BCUT2D eigenvalue weighted by atomic mass is 32.2. The number of piperidine rings is 2. The van der Waals surface area contributed by atoms with Crippen molar-refractivity contribution in [2.45, 2.75) is 50.0 Å². The molecule has 0 radical (unpaired) electrons. The number of rotatable bonds is 2. The van der Waals surface area contributed by atoms with Gasteiger partial charge in [-0.05, 0) is 70.9 Å². The van der Waals surface area contributed by atoms with Crippen LogP contribution >= 0.6 is 0 Å². The number of hydrogen-bond acceptors (Lipinski definition) is 4. The van der Waals surface area contributed by atoms with Crippen LogP contribution < -0.4 is 5.32 Å². The molecule has 0 atom stereocenters. The molecule has 0 spiro atoms. The minimum absolute atomic E-state index is 0.0666. The molecule has 2 heterocycles. The summed E-state index contributed by atoms with van der Waals surface area (Å²) in [5.41, 5.74) is 0.956. The molecular weight excluding hydrogens is 312 g/mol. The van der Waals surface area contributed by atoms with Gasteiger partial charge >= 0.3 is 0 Å². The summed E-state index contributed by atoms with van der Waals surface area (Å²) in [6.45, 7) is 7.05. The molecule has 0 unspecified atom stereocenters. The quantitative estimate of drug-likeness (QED) is 0.810. The van der Waals surface area contributed by atoms with E-state index in [0.29, 0.717) is 0 Å². The second kappa shape index (κ2) is 8.78. The summed E-state index contributed by atoms with van der Waals surface area (Å²) >= 11 is 0. The number of benzene rings is 1. The smallest absolute Gasteiger partial charge is 0.294 e. The molecule has 5 nitrogen and oxygen atoms in total. The molecule has 2 aliphatic heterocycles. The maximum atomic E-state index is 10.5. The lowest BCUT2D eigenvalue weighted by Gasteiger charge is -2.36. The minimum Gasteiger partial charge on any atom is -0.317 e. The third kappa shape index (κ3) is 6.22. The number of hydrogen-bond donors (Lipinski definition) is 2. The summed E-state index contributed by atoms with van der Waals surface area (Å²) in [6.07, 6.45) is 7.08. The van der Waals surface area contributed by atoms with Gasteiger partial charge in [-0.1, -0.05) is 24.1 Å². The largest absolute Gasteiger partial charge is 0.317 e. The fourth-order valence-electron chi connectivity index (χ4n) is 3.17. The highest BCUT2D eigenvalue weighted by molar-refractivity contribution is 7.85. The zero-order valence-electron chi connectivity index (χ0n) is 13.9. The van der Waals surface area contributed by atoms with Gasteiger partial charge in [-0.3, -0.25) is 4.55 Å². The maximum Gasteiger partial charge on any atom is 0.294 e. The van der Waals surface area contributed by atoms with E-state index < -0.39 is 10.1 Å². The normalized spacial score (nSPS) is 20.6. The fraction of sp³-hybridized carbons (Fsp3) is 0.647. The van der Waals surface area contributed by atoms with E-state index in [0.717, 1.165) is 11.6 Å². The molecule has 0 amide bonds. The molecule has 3 rings (SSSR count). The van der Waals surface area contributed by atoms with E-state index in [4.69, 9.17) is 4.55 Å². The predicted molar refractivity (Wildman–Crippen MR) is 92.3 cm³/mol. The van der Waals surface area contributed by atoms with Gasteiger partial charge in [-0.15, -0.1) is 0 Å². The molecule has 1 aromatic rings. The van der Waals surface area contributed by atoms with Crippen LogP contribution in [-0.4, -0.2) is 50.1 Å². The molecule has 6 heteroatoms. The van der Waals surface area contributed by atoms with Crippen molar-refractivity contribution in [2.24, 2.45) is 0 Å². The van der Waals surface area contributed by atoms with Crippen molar-refractivity contribution in [3.8, 4) is 0 Å². The molecule has 1 aromatic carbocycles. The lowest BCUT2D eigenvalue weighted by Crippen LogP contribution is -2.45. The van der Waals surface area contributed by atoms with E-state index >= 15 is 0 Å². The molecule has 0 saturated carbocycles. The molecule has 2 saturated heterocycles. The lowest BCUT2D eigenvalue weighted by atomic mass is 10.0. The minimum atomic E-state index is -4.02. The highest BCUT2D eigenvalue weighted by Crippen LogP contribution is 2.17. The van der Waals surface area contributed by atoms with Crippen LogP contribution in [0.5, 0.6) is 0 Å². The number of likely N-dealkylation sites (tertiary alicyclic amines) is 1. The van der Waals surface area contributed by atoms with Gasteiger partial charge in [0.25, 0.3) is 10.1 Å². The van der Waals surface area contributed by atoms with E-state index in [2.05, 4.69) is 10.2 Å². The highest BCUT2D eigenvalue weighted by Gasteiger charge is 2.21. The van der Waals surface area contributed by atoms with E-state index in [1.54, 1.807) is 12.1 Å². The van der Waals surface area contributed by atoms with E-state index in [1.165, 1.54) is 70.4 Å². The first-order valence-corrected chi connectivity index (χ1v) is 9.90. The molecular formula is C17H28N2O3S. The van der Waals surface area contributed by atoms with Crippen LogP contribution in [0, 0.1) is 6.92 Å². The first-order valence-electron chi connectivity index (χ1n) is 8.46. The summed E-state index contributed by atoms with van der Waals surface area (Å²) in [5, 5.41) is 3.43. The zero-order valence-corrected chi connectivity index (χ0v) is 14.7. The SMILES string of the molecule is C1CCN(C2CCNCC2)CC1.Cc1ccc(S(=O)(=O)O)cc1. The zero-order chi connectivity index (χ0) is 16.7. The molecule has 2 fully saturated rings. The second-order valence-corrected chi connectivity index (χ2v) is 7.79. The van der Waals surface area contributed by atoms with Gasteiger partial charge in [0, 0.05) is 6.04 Å². The topological polar surface area (TPSA) is 69.6 Å². The van der Waals surface area contributed by atoms with Gasteiger partial charge in [0.15, 0.2) is 0 Å². The first kappa shape index (κ1) is 18.4. The molecule has 130 valence electrons. The Morgan fingerprint density at radius 3 is 2.13 bits per heavy atom. The van der Waals surface area contributed by atoms with E-state index in [9.17, 15) is 8.42 Å². The van der Waals surface area contributed by atoms with Gasteiger partial charge in [0.2, 0.25) is 0 Å². The molecule has 2 N–H and O–H groups in total. The summed E-state index contributed by atoms with van der Waals surface area (Å²) in [4.78, 5) is 2.65. The van der Waals surface area contributed by atoms with Crippen molar-refractivity contribution >= 4 is 10.1 Å². The Morgan fingerprint density at radius 2 is 1.61 bits per heavy atom. The average Bonchev–Trinajstić information content (AvgIpc) is 2.57. The van der Waals surface area contributed by atoms with Crippen molar-refractivity contribution in [3.05, 3.63) is 29.8 Å². The van der Waals surface area contributed by atoms with Gasteiger partial charge in [0.1, 0.15) is 0 Å². The fourth-order valence-corrected chi connectivity index (χ4v) is 3.65. The Hall–Kier alpha value is -0.950. The van der Waals surface area contributed by atoms with E-state index in [1.807, 2.05) is 6.92 Å². The molecule has 0 aromatic heterocycles. The van der Waals surface area contributed by atoms with Crippen LogP contribution in [0.25, 0.3) is 0 Å². The molecule has 0 bridgehead atoms. The van der Waals surface area contributed by atoms with Gasteiger partial charge in [0.05, 0.1) is 4.90 Å². The lowest BCUT2D eigenvalue weighted by molar-refractivity contribution is 0.136. The maximum absolute atomic E-state index is 10.5. The van der Waals surface area contributed by atoms with Crippen LogP contribution in [0.3, 0.4) is 0 Å². The third-order valence-corrected chi connectivity index (χ3v) is 5.40. The molecule has 0 aliphatic carbocycles. The number of nitrogens with zero attached hydrogens (tertiary/aromatic N) is 1. The van der Waals surface area contributed by atoms with Crippen molar-refractivity contribution in [1.82, 2.24) is 10.2 Å². The van der Waals surface area contributed by atoms with Crippen LogP contribution in [-0.2, 0) is 10.1 Å². The Bertz CT molecular complexity index is 544. The third-order valence-electron chi connectivity index (χ3n) is 4.53. The Morgan fingerprint density at radius 1 is 1.04 bits per heavy atom. The molecule has 23 heavy (non-hydrogen) atoms. The number of nitrogens with one attached hydrogen (secondary N) is 1. The van der Waals surface area contributed by atoms with Crippen molar-refractivity contribution in [1.29, 1.82) is 0 Å². The van der Waals surface area contributed by atoms with Crippen molar-refractivity contribution in [3.63, 3.8) is 0 Å².